The minimum atomic E-state index is -2.89. The van der Waals surface area contributed by atoms with Gasteiger partial charge in [-0.3, -0.25) is 18.9 Å². The van der Waals surface area contributed by atoms with Crippen LogP contribution in [-0.2, 0) is 6.54 Å². The predicted molar refractivity (Wildman–Crippen MR) is 130 cm³/mol. The molecule has 0 saturated heterocycles. The van der Waals surface area contributed by atoms with Gasteiger partial charge in [-0.05, 0) is 30.7 Å². The molecule has 1 aliphatic rings. The predicted octanol–water partition coefficient (Wildman–Crippen LogP) is 4.72. The van der Waals surface area contributed by atoms with Gasteiger partial charge >= 0.3 is 0 Å². The van der Waals surface area contributed by atoms with Gasteiger partial charge in [-0.15, -0.1) is 0 Å². The molecule has 0 atom stereocenters. The highest BCUT2D eigenvalue weighted by Crippen LogP contribution is 2.51. The van der Waals surface area contributed by atoms with Gasteiger partial charge in [-0.25, -0.2) is 9.97 Å². The number of rotatable bonds is 3. The highest BCUT2D eigenvalue weighted by molar-refractivity contribution is 8.24. The van der Waals surface area contributed by atoms with E-state index in [0.29, 0.717) is 29.5 Å². The number of fused-ring (bicyclic) bond motifs is 2. The lowest BCUT2D eigenvalue weighted by atomic mass is 10.1. The average molecular weight is 462 g/mol. The number of hydrogen-bond acceptors (Lipinski definition) is 7. The fraction of sp³-hybridized carbons (Fsp3) is 0.167. The first-order valence-corrected chi connectivity index (χ1v) is 12.2. The van der Waals surface area contributed by atoms with Gasteiger partial charge in [0.1, 0.15) is 11.5 Å². The van der Waals surface area contributed by atoms with Crippen molar-refractivity contribution in [3.05, 3.63) is 83.9 Å². The summed E-state index contributed by atoms with van der Waals surface area (Å²) in [6.07, 6.45) is 4.41. The van der Waals surface area contributed by atoms with Crippen molar-refractivity contribution >= 4 is 38.9 Å². The zero-order valence-corrected chi connectivity index (χ0v) is 18.8. The van der Waals surface area contributed by atoms with Crippen LogP contribution in [0.3, 0.4) is 0 Å². The van der Waals surface area contributed by atoms with E-state index < -0.39 is 10.6 Å². The molecule has 0 fully saturated rings. The van der Waals surface area contributed by atoms with Gasteiger partial charge < -0.3 is 10.2 Å². The first-order chi connectivity index (χ1) is 15.9. The Balaban J connectivity index is 1.57. The number of aromatic nitrogens is 3. The Hall–Kier alpha value is -3.53. The van der Waals surface area contributed by atoms with Gasteiger partial charge in [0.2, 0.25) is 0 Å². The molecule has 9 heteroatoms. The number of aryl methyl sites for hydroxylation is 1. The van der Waals surface area contributed by atoms with Gasteiger partial charge in [-0.2, -0.15) is 10.6 Å². The molecular weight excluding hydrogens is 438 g/mol. The van der Waals surface area contributed by atoms with Crippen molar-refractivity contribution in [2.75, 3.05) is 22.5 Å². The Morgan fingerprint density at radius 2 is 1.97 bits per heavy atom. The van der Waals surface area contributed by atoms with E-state index in [1.165, 1.54) is 18.6 Å². The highest BCUT2D eigenvalue weighted by atomic mass is 32.3. The lowest BCUT2D eigenvalue weighted by Crippen LogP contribution is -2.26. The van der Waals surface area contributed by atoms with E-state index in [-0.39, 0.29) is 17.4 Å². The largest absolute Gasteiger partial charge is 0.351 e. The maximum atomic E-state index is 12.8. The maximum absolute atomic E-state index is 12.8. The average Bonchev–Trinajstić information content (AvgIpc) is 2.96. The summed E-state index contributed by atoms with van der Waals surface area (Å²) in [5, 5.41) is 3.77. The molecule has 3 N–H and O–H groups in total. The van der Waals surface area contributed by atoms with E-state index in [2.05, 4.69) is 15.3 Å². The van der Waals surface area contributed by atoms with Crippen LogP contribution >= 0.6 is 10.6 Å². The van der Waals surface area contributed by atoms with E-state index in [0.717, 1.165) is 22.0 Å². The summed E-state index contributed by atoms with van der Waals surface area (Å²) >= 11 is 0. The standard InChI is InChI=1S/C24H23N5O3S/c1-16-6-7-19-18(12-16)20(28-24(30)21-14-25-8-9-26-21)13-23(27-19)29-10-11-33(31,32)22-5-3-2-4-17(22)15-29/h2-9,12-14,31-32H,10-11,15H2,1H3,(H,27,28,30). The quantitative estimate of drug-likeness (QED) is 0.405. The van der Waals surface area contributed by atoms with Gasteiger partial charge in [0, 0.05) is 36.9 Å². The number of carbonyl (C=O) groups excluding carboxylic acids is 1. The monoisotopic (exact) mass is 461 g/mol. The number of nitrogens with zero attached hydrogens (tertiary/aromatic N) is 4. The van der Waals surface area contributed by atoms with Crippen molar-refractivity contribution in [3.8, 4) is 0 Å². The van der Waals surface area contributed by atoms with Crippen LogP contribution < -0.4 is 10.2 Å². The van der Waals surface area contributed by atoms with Crippen molar-refractivity contribution in [3.63, 3.8) is 0 Å². The van der Waals surface area contributed by atoms with E-state index in [4.69, 9.17) is 4.98 Å². The minimum Gasteiger partial charge on any atom is -0.351 e. The van der Waals surface area contributed by atoms with E-state index >= 15 is 0 Å². The van der Waals surface area contributed by atoms with Crippen LogP contribution in [0.25, 0.3) is 10.9 Å². The molecule has 1 amide bonds. The Morgan fingerprint density at radius 3 is 2.79 bits per heavy atom. The van der Waals surface area contributed by atoms with Crippen LogP contribution in [0.2, 0.25) is 0 Å². The third-order valence-electron chi connectivity index (χ3n) is 5.65. The number of nitrogens with one attached hydrogen (secondary N) is 1. The Morgan fingerprint density at radius 1 is 1.12 bits per heavy atom. The summed E-state index contributed by atoms with van der Waals surface area (Å²) in [5.41, 5.74) is 3.46. The molecule has 2 aromatic heterocycles. The van der Waals surface area contributed by atoms with Crippen LogP contribution in [0.1, 0.15) is 21.6 Å². The fourth-order valence-corrected chi connectivity index (χ4v) is 5.52. The summed E-state index contributed by atoms with van der Waals surface area (Å²) in [6.45, 7) is 2.88. The van der Waals surface area contributed by atoms with Crippen LogP contribution in [0.15, 0.2) is 72.0 Å². The molecule has 0 saturated carbocycles. The second-order valence-corrected chi connectivity index (χ2v) is 10.2. The summed E-state index contributed by atoms with van der Waals surface area (Å²) in [6, 6.07) is 15.1. The summed E-state index contributed by atoms with van der Waals surface area (Å²) in [4.78, 5) is 28.3. The summed E-state index contributed by atoms with van der Waals surface area (Å²) in [5.74, 6) is 0.491. The molecule has 3 heterocycles. The SMILES string of the molecule is Cc1ccc2nc(N3CCS(O)(O)c4ccccc4C3)cc(NC(=O)c3cnccn3)c2c1. The molecule has 0 radical (unpaired) electrons. The smallest absolute Gasteiger partial charge is 0.275 e. The Kier molecular flexibility index (Phi) is 5.45. The Bertz CT molecular complexity index is 1350. The topological polar surface area (TPSA) is 111 Å². The normalized spacial score (nSPS) is 16.0. The number of amides is 1. The van der Waals surface area contributed by atoms with Gasteiger partial charge in [0.15, 0.2) is 0 Å². The molecule has 4 aromatic rings. The molecule has 0 bridgehead atoms. The van der Waals surface area contributed by atoms with Crippen molar-refractivity contribution in [1.29, 1.82) is 0 Å². The third-order valence-corrected chi connectivity index (χ3v) is 7.51. The van der Waals surface area contributed by atoms with Crippen molar-refractivity contribution < 1.29 is 13.9 Å². The number of anilines is 2. The molecule has 8 nitrogen and oxygen atoms in total. The highest BCUT2D eigenvalue weighted by Gasteiger charge is 2.27. The van der Waals surface area contributed by atoms with E-state index in [9.17, 15) is 13.9 Å². The zero-order valence-electron chi connectivity index (χ0n) is 18.0. The molecule has 0 unspecified atom stereocenters. The van der Waals surface area contributed by atoms with Gasteiger partial charge in [0.25, 0.3) is 5.91 Å². The third kappa shape index (κ3) is 4.25. The summed E-state index contributed by atoms with van der Waals surface area (Å²) in [7, 11) is -2.89. The number of pyridine rings is 1. The molecule has 5 rings (SSSR count). The van der Waals surface area contributed by atoms with Crippen molar-refractivity contribution in [2.24, 2.45) is 0 Å². The minimum absolute atomic E-state index is 0.207. The second kappa shape index (κ2) is 8.43. The summed E-state index contributed by atoms with van der Waals surface area (Å²) < 4.78 is 21.4. The zero-order chi connectivity index (χ0) is 23.0. The first kappa shape index (κ1) is 21.3. The van der Waals surface area contributed by atoms with E-state index in [1.807, 2.05) is 54.3 Å². The van der Waals surface area contributed by atoms with Crippen LogP contribution in [0.5, 0.6) is 0 Å². The number of carbonyl (C=O) groups is 1. The molecular formula is C24H23N5O3S. The molecule has 33 heavy (non-hydrogen) atoms. The fourth-order valence-electron chi connectivity index (χ4n) is 3.97. The van der Waals surface area contributed by atoms with Crippen LogP contribution in [-0.4, -0.2) is 42.3 Å². The Labute approximate surface area is 192 Å². The maximum Gasteiger partial charge on any atom is 0.275 e. The van der Waals surface area contributed by atoms with E-state index in [1.54, 1.807) is 6.07 Å². The second-order valence-electron chi connectivity index (χ2n) is 7.99. The molecule has 168 valence electrons. The van der Waals surface area contributed by atoms with Gasteiger partial charge in [0.05, 0.1) is 28.0 Å². The molecule has 0 aliphatic carbocycles. The lowest BCUT2D eigenvalue weighted by molar-refractivity contribution is 0.102. The van der Waals surface area contributed by atoms with Crippen LogP contribution in [0, 0.1) is 6.92 Å². The van der Waals surface area contributed by atoms with Crippen molar-refractivity contribution in [1.82, 2.24) is 15.0 Å². The lowest BCUT2D eigenvalue weighted by Gasteiger charge is -2.32. The molecule has 1 aliphatic heterocycles. The van der Waals surface area contributed by atoms with Crippen molar-refractivity contribution in [2.45, 2.75) is 18.4 Å². The van der Waals surface area contributed by atoms with Gasteiger partial charge in [-0.1, -0.05) is 29.8 Å². The first-order valence-electron chi connectivity index (χ1n) is 10.5. The number of hydrogen-bond donors (Lipinski definition) is 3. The van der Waals surface area contributed by atoms with Crippen LogP contribution in [0.4, 0.5) is 11.5 Å². The number of benzene rings is 2. The molecule has 0 spiro atoms. The molecule has 2 aromatic carbocycles.